The van der Waals surface area contributed by atoms with E-state index in [1.807, 2.05) is 6.92 Å². The highest BCUT2D eigenvalue weighted by molar-refractivity contribution is 7.59. The highest BCUT2D eigenvalue weighted by Crippen LogP contribution is 2.50. The molecule has 2 atom stereocenters. The van der Waals surface area contributed by atoms with Crippen LogP contribution in [0.4, 0.5) is 0 Å². The first-order valence-corrected chi connectivity index (χ1v) is 6.25. The molecule has 0 bridgehead atoms. The smallest absolute Gasteiger partial charge is 0.326 e. The molecule has 0 aromatic heterocycles. The minimum absolute atomic E-state index is 0.0551. The first-order valence-electron chi connectivity index (χ1n) is 3.22. The van der Waals surface area contributed by atoms with Gasteiger partial charge in [0.2, 0.25) is 0 Å². The van der Waals surface area contributed by atoms with E-state index in [1.54, 1.807) is 0 Å². The molecule has 5 nitrogen and oxygen atoms in total. The van der Waals surface area contributed by atoms with E-state index in [-0.39, 0.29) is 6.16 Å². The molecule has 68 valence electrons. The lowest BCUT2D eigenvalue weighted by Crippen LogP contribution is -1.88. The first-order chi connectivity index (χ1) is 4.98. The molecule has 0 heterocycles. The molecule has 0 fully saturated rings. The zero-order valence-electron chi connectivity index (χ0n) is 6.19. The molecule has 0 rings (SSSR count). The molecule has 0 amide bonds. The maximum Gasteiger partial charge on any atom is 0.335 e. The van der Waals surface area contributed by atoms with Gasteiger partial charge in [-0.2, -0.15) is 0 Å². The molecule has 2 unspecified atom stereocenters. The number of hydrogen-bond donors (Lipinski definition) is 2. The van der Waals surface area contributed by atoms with Crippen LogP contribution in [-0.2, 0) is 13.4 Å². The Morgan fingerprint density at radius 2 is 2.18 bits per heavy atom. The molecule has 11 heavy (non-hydrogen) atoms. The number of unbranched alkanes of at least 4 members (excludes halogenated alkanes) is 1. The summed E-state index contributed by atoms with van der Waals surface area (Å²) in [6.45, 7) is 1.85. The highest BCUT2D eigenvalue weighted by Gasteiger charge is 2.20. The van der Waals surface area contributed by atoms with Crippen LogP contribution in [0, 0.1) is 0 Å². The SMILES string of the molecule is CCCCP(=O)(O)O[PH](=O)O. The molecular formula is C4H12O5P2. The molecule has 0 aromatic carbocycles. The van der Waals surface area contributed by atoms with Crippen LogP contribution in [-0.4, -0.2) is 15.9 Å². The number of hydrogen-bond acceptors (Lipinski definition) is 3. The summed E-state index contributed by atoms with van der Waals surface area (Å²) in [5.74, 6) is 0. The van der Waals surface area contributed by atoms with Crippen molar-refractivity contribution in [3.63, 3.8) is 0 Å². The van der Waals surface area contributed by atoms with Crippen LogP contribution in [0.15, 0.2) is 0 Å². The van der Waals surface area contributed by atoms with Crippen molar-refractivity contribution < 1.29 is 23.2 Å². The zero-order chi connectivity index (χ0) is 8.91. The van der Waals surface area contributed by atoms with Crippen LogP contribution in [0.1, 0.15) is 19.8 Å². The van der Waals surface area contributed by atoms with E-state index in [9.17, 15) is 9.13 Å². The van der Waals surface area contributed by atoms with Crippen LogP contribution >= 0.6 is 15.9 Å². The van der Waals surface area contributed by atoms with Gasteiger partial charge < -0.3 is 9.79 Å². The Labute approximate surface area is 65.9 Å². The van der Waals surface area contributed by atoms with E-state index in [2.05, 4.69) is 4.31 Å². The van der Waals surface area contributed by atoms with Crippen LogP contribution in [0.3, 0.4) is 0 Å². The molecule has 0 aliphatic carbocycles. The average Bonchev–Trinajstić information content (AvgIpc) is 1.81. The second kappa shape index (κ2) is 5.07. The second-order valence-electron chi connectivity index (χ2n) is 2.07. The lowest BCUT2D eigenvalue weighted by molar-refractivity contribution is 0.349. The van der Waals surface area contributed by atoms with Crippen LogP contribution < -0.4 is 0 Å². The van der Waals surface area contributed by atoms with Crippen LogP contribution in [0.25, 0.3) is 0 Å². The monoisotopic (exact) mass is 202 g/mol. The largest absolute Gasteiger partial charge is 0.335 e. The summed E-state index contributed by atoms with van der Waals surface area (Å²) in [5, 5.41) is 0. The van der Waals surface area contributed by atoms with Gasteiger partial charge in [-0.25, -0.2) is 4.31 Å². The van der Waals surface area contributed by atoms with Crippen molar-refractivity contribution in [2.24, 2.45) is 0 Å². The Hall–Kier alpha value is 0.340. The van der Waals surface area contributed by atoms with Crippen molar-refractivity contribution in [1.29, 1.82) is 0 Å². The maximum absolute atomic E-state index is 10.8. The summed E-state index contributed by atoms with van der Waals surface area (Å²) in [4.78, 5) is 17.0. The molecule has 7 heteroatoms. The van der Waals surface area contributed by atoms with Gasteiger partial charge in [-0.05, 0) is 6.42 Å². The molecule has 2 N–H and O–H groups in total. The molecular weight excluding hydrogens is 190 g/mol. The summed E-state index contributed by atoms with van der Waals surface area (Å²) in [7, 11) is -7.07. The van der Waals surface area contributed by atoms with Gasteiger partial charge in [-0.1, -0.05) is 13.3 Å². The summed E-state index contributed by atoms with van der Waals surface area (Å²) in [6.07, 6.45) is 1.21. The zero-order valence-corrected chi connectivity index (χ0v) is 8.08. The maximum atomic E-state index is 10.8. The van der Waals surface area contributed by atoms with Crippen LogP contribution in [0.5, 0.6) is 0 Å². The molecule has 0 saturated heterocycles. The molecule has 0 radical (unpaired) electrons. The molecule has 0 saturated carbocycles. The highest BCUT2D eigenvalue weighted by atomic mass is 31.2. The Balaban J connectivity index is 3.80. The summed E-state index contributed by atoms with van der Waals surface area (Å²) < 4.78 is 24.7. The third kappa shape index (κ3) is 6.73. The Kier molecular flexibility index (Phi) is 5.23. The van der Waals surface area contributed by atoms with Crippen molar-refractivity contribution in [3.8, 4) is 0 Å². The van der Waals surface area contributed by atoms with Gasteiger partial charge in [0.05, 0.1) is 6.16 Å². The van der Waals surface area contributed by atoms with E-state index in [1.165, 1.54) is 0 Å². The molecule has 0 aliphatic rings. The van der Waals surface area contributed by atoms with E-state index in [0.717, 1.165) is 6.42 Å². The molecule has 0 spiro atoms. The van der Waals surface area contributed by atoms with E-state index >= 15 is 0 Å². The van der Waals surface area contributed by atoms with Crippen molar-refractivity contribution in [2.45, 2.75) is 19.8 Å². The van der Waals surface area contributed by atoms with Gasteiger partial charge in [0.15, 0.2) is 0 Å². The third-order valence-electron chi connectivity index (χ3n) is 1.01. The fourth-order valence-corrected chi connectivity index (χ4v) is 2.58. The Morgan fingerprint density at radius 3 is 2.55 bits per heavy atom. The van der Waals surface area contributed by atoms with Gasteiger partial charge in [0, 0.05) is 0 Å². The fraction of sp³-hybridized carbons (Fsp3) is 1.00. The lowest BCUT2D eigenvalue weighted by atomic mass is 10.4. The minimum Gasteiger partial charge on any atom is -0.326 e. The topological polar surface area (TPSA) is 83.8 Å². The Morgan fingerprint density at radius 1 is 1.64 bits per heavy atom. The Bertz CT molecular complexity index is 179. The molecule has 0 aliphatic heterocycles. The normalized spacial score (nSPS) is 19.2. The van der Waals surface area contributed by atoms with E-state index in [0.29, 0.717) is 6.42 Å². The van der Waals surface area contributed by atoms with Crippen molar-refractivity contribution in [3.05, 3.63) is 0 Å². The van der Waals surface area contributed by atoms with Crippen molar-refractivity contribution in [1.82, 2.24) is 0 Å². The van der Waals surface area contributed by atoms with E-state index < -0.39 is 15.9 Å². The van der Waals surface area contributed by atoms with E-state index in [4.69, 9.17) is 9.79 Å². The van der Waals surface area contributed by atoms with Crippen molar-refractivity contribution >= 4 is 15.9 Å². The van der Waals surface area contributed by atoms with Crippen molar-refractivity contribution in [2.75, 3.05) is 6.16 Å². The van der Waals surface area contributed by atoms with Gasteiger partial charge in [0.25, 0.3) is 0 Å². The predicted molar refractivity (Wildman–Crippen MR) is 41.9 cm³/mol. The standard InChI is InChI=1S/C4H12O5P2/c1-2-3-4-11(7,8)9-10(5)6/h10H,2-4H2,1H3,(H,5,6)(H,7,8). The summed E-state index contributed by atoms with van der Waals surface area (Å²) in [5.41, 5.74) is 0. The lowest BCUT2D eigenvalue weighted by Gasteiger charge is -2.07. The quantitative estimate of drug-likeness (QED) is 0.657. The number of rotatable bonds is 5. The third-order valence-corrected chi connectivity index (χ3v) is 3.66. The second-order valence-corrected chi connectivity index (χ2v) is 5.06. The summed E-state index contributed by atoms with van der Waals surface area (Å²) >= 11 is 0. The molecule has 0 aromatic rings. The first kappa shape index (κ1) is 11.3. The van der Waals surface area contributed by atoms with Gasteiger partial charge in [-0.15, -0.1) is 0 Å². The van der Waals surface area contributed by atoms with Crippen LogP contribution in [0.2, 0.25) is 0 Å². The minimum atomic E-state index is -3.78. The predicted octanol–water partition coefficient (Wildman–Crippen LogP) is 1.37. The van der Waals surface area contributed by atoms with Gasteiger partial charge >= 0.3 is 15.9 Å². The average molecular weight is 202 g/mol. The van der Waals surface area contributed by atoms with Gasteiger partial charge in [0.1, 0.15) is 0 Å². The van der Waals surface area contributed by atoms with Gasteiger partial charge in [-0.3, -0.25) is 9.13 Å². The fourth-order valence-electron chi connectivity index (χ4n) is 0.526. The summed E-state index contributed by atoms with van der Waals surface area (Å²) in [6, 6.07) is 0.